The standard InChI is InChI=1S/C22H23N3O3/c1-13-11-14(2)17(16(26)12-13)19-18-20(24-23-19)22(27)25(9-10-28-3)21(18)15-7-5-4-6-8-15/h4-8,11-12,21,26H,9-10H2,1-3H3,(H,23,24). The molecule has 2 N–H and O–H groups in total. The first-order chi connectivity index (χ1) is 13.5. The summed E-state index contributed by atoms with van der Waals surface area (Å²) in [5.74, 6) is 0.0605. The van der Waals surface area contributed by atoms with Gasteiger partial charge in [0.1, 0.15) is 17.1 Å². The number of phenols is 1. The van der Waals surface area contributed by atoms with E-state index in [-0.39, 0.29) is 17.7 Å². The van der Waals surface area contributed by atoms with Crippen molar-refractivity contribution in [1.82, 2.24) is 15.1 Å². The Morgan fingerprint density at radius 2 is 1.96 bits per heavy atom. The molecule has 1 aliphatic heterocycles. The van der Waals surface area contributed by atoms with Crippen LogP contribution in [0.1, 0.15) is 38.8 Å². The molecule has 0 radical (unpaired) electrons. The van der Waals surface area contributed by atoms with Crippen molar-refractivity contribution in [2.75, 3.05) is 20.3 Å². The summed E-state index contributed by atoms with van der Waals surface area (Å²) in [4.78, 5) is 14.9. The summed E-state index contributed by atoms with van der Waals surface area (Å²) in [7, 11) is 1.62. The van der Waals surface area contributed by atoms with Gasteiger partial charge in [0.2, 0.25) is 0 Å². The van der Waals surface area contributed by atoms with Gasteiger partial charge in [-0.3, -0.25) is 9.89 Å². The van der Waals surface area contributed by atoms with Crippen LogP contribution in [0.15, 0.2) is 42.5 Å². The molecule has 0 bridgehead atoms. The molecule has 1 aliphatic rings. The predicted octanol–water partition coefficient (Wildman–Crippen LogP) is 3.59. The lowest BCUT2D eigenvalue weighted by molar-refractivity contribution is 0.0677. The average Bonchev–Trinajstić information content (AvgIpc) is 3.19. The number of rotatable bonds is 5. The lowest BCUT2D eigenvalue weighted by Crippen LogP contribution is -2.32. The van der Waals surface area contributed by atoms with Crippen LogP contribution in [0.4, 0.5) is 0 Å². The van der Waals surface area contributed by atoms with Crippen LogP contribution >= 0.6 is 0 Å². The highest BCUT2D eigenvalue weighted by Gasteiger charge is 2.42. The van der Waals surface area contributed by atoms with Gasteiger partial charge in [-0.25, -0.2) is 0 Å². The molecule has 2 aromatic carbocycles. The van der Waals surface area contributed by atoms with Crippen molar-refractivity contribution in [3.63, 3.8) is 0 Å². The number of ether oxygens (including phenoxy) is 1. The fourth-order valence-corrected chi connectivity index (χ4v) is 4.04. The second-order valence-corrected chi connectivity index (χ2v) is 7.14. The average molecular weight is 377 g/mol. The first-order valence-corrected chi connectivity index (χ1v) is 9.26. The van der Waals surface area contributed by atoms with Gasteiger partial charge in [-0.15, -0.1) is 0 Å². The molecule has 2 heterocycles. The number of hydrogen-bond donors (Lipinski definition) is 2. The molecule has 0 saturated heterocycles. The Morgan fingerprint density at radius 1 is 1.21 bits per heavy atom. The van der Waals surface area contributed by atoms with Crippen LogP contribution < -0.4 is 0 Å². The first kappa shape index (κ1) is 18.3. The predicted molar refractivity (Wildman–Crippen MR) is 106 cm³/mol. The zero-order valence-electron chi connectivity index (χ0n) is 16.2. The van der Waals surface area contributed by atoms with Crippen molar-refractivity contribution in [3.8, 4) is 17.0 Å². The number of fused-ring (bicyclic) bond motifs is 1. The molecule has 1 unspecified atom stereocenters. The third-order valence-electron chi connectivity index (χ3n) is 5.21. The number of aromatic amines is 1. The van der Waals surface area contributed by atoms with Gasteiger partial charge in [-0.2, -0.15) is 5.10 Å². The number of carbonyl (C=O) groups is 1. The number of H-pyrrole nitrogens is 1. The number of aromatic nitrogens is 2. The largest absolute Gasteiger partial charge is 0.507 e. The highest BCUT2D eigenvalue weighted by atomic mass is 16.5. The Balaban J connectivity index is 1.91. The number of aromatic hydroxyl groups is 1. The first-order valence-electron chi connectivity index (χ1n) is 9.26. The summed E-state index contributed by atoms with van der Waals surface area (Å²) in [6.07, 6.45) is 0. The van der Waals surface area contributed by atoms with Crippen LogP contribution in [0.25, 0.3) is 11.3 Å². The van der Waals surface area contributed by atoms with Gasteiger partial charge >= 0.3 is 0 Å². The number of benzene rings is 2. The van der Waals surface area contributed by atoms with Gasteiger partial charge in [-0.05, 0) is 36.6 Å². The van der Waals surface area contributed by atoms with E-state index in [2.05, 4.69) is 10.2 Å². The van der Waals surface area contributed by atoms with Gasteiger partial charge in [0, 0.05) is 24.8 Å². The second-order valence-electron chi connectivity index (χ2n) is 7.14. The Morgan fingerprint density at radius 3 is 2.64 bits per heavy atom. The number of methoxy groups -OCH3 is 1. The number of nitrogens with one attached hydrogen (secondary N) is 1. The molecule has 0 fully saturated rings. The van der Waals surface area contributed by atoms with E-state index in [1.165, 1.54) is 0 Å². The summed E-state index contributed by atoms with van der Waals surface area (Å²) in [6, 6.07) is 13.3. The van der Waals surface area contributed by atoms with Gasteiger partial charge in [0.05, 0.1) is 12.6 Å². The summed E-state index contributed by atoms with van der Waals surface area (Å²) in [5, 5.41) is 18.0. The number of hydrogen-bond acceptors (Lipinski definition) is 4. The van der Waals surface area contributed by atoms with E-state index in [1.54, 1.807) is 18.1 Å². The monoisotopic (exact) mass is 377 g/mol. The van der Waals surface area contributed by atoms with Crippen molar-refractivity contribution < 1.29 is 14.6 Å². The van der Waals surface area contributed by atoms with E-state index in [9.17, 15) is 9.90 Å². The smallest absolute Gasteiger partial charge is 0.273 e. The third kappa shape index (κ3) is 2.86. The molecule has 0 saturated carbocycles. The maximum absolute atomic E-state index is 13.1. The van der Waals surface area contributed by atoms with Crippen molar-refractivity contribution in [2.45, 2.75) is 19.9 Å². The molecule has 3 aromatic rings. The number of aryl methyl sites for hydroxylation is 2. The Hall–Kier alpha value is -3.12. The summed E-state index contributed by atoms with van der Waals surface area (Å²) >= 11 is 0. The topological polar surface area (TPSA) is 78.5 Å². The van der Waals surface area contributed by atoms with Crippen LogP contribution in [-0.4, -0.2) is 46.4 Å². The SMILES string of the molecule is COCCN1C(=O)c2[nH]nc(-c3c(C)cc(C)cc3O)c2C1c1ccccc1. The highest BCUT2D eigenvalue weighted by molar-refractivity contribution is 6.00. The van der Waals surface area contributed by atoms with E-state index >= 15 is 0 Å². The third-order valence-corrected chi connectivity index (χ3v) is 5.21. The van der Waals surface area contributed by atoms with Crippen LogP contribution in [0.3, 0.4) is 0 Å². The van der Waals surface area contributed by atoms with Gasteiger partial charge in [0.25, 0.3) is 5.91 Å². The summed E-state index contributed by atoms with van der Waals surface area (Å²) in [6.45, 7) is 4.79. The molecule has 1 amide bonds. The molecule has 6 nitrogen and oxygen atoms in total. The fourth-order valence-electron chi connectivity index (χ4n) is 4.04. The van der Waals surface area contributed by atoms with E-state index in [0.717, 1.165) is 22.3 Å². The Labute approximate surface area is 163 Å². The van der Waals surface area contributed by atoms with Crippen molar-refractivity contribution in [3.05, 3.63) is 70.4 Å². The lowest BCUT2D eigenvalue weighted by atomic mass is 9.93. The van der Waals surface area contributed by atoms with E-state index in [1.807, 2.05) is 50.2 Å². The molecule has 1 atom stereocenters. The van der Waals surface area contributed by atoms with Crippen molar-refractivity contribution >= 4 is 5.91 Å². The highest BCUT2D eigenvalue weighted by Crippen LogP contribution is 2.45. The number of phenolic OH excluding ortho intramolecular Hbond substituents is 1. The Kier molecular flexibility index (Phi) is 4.65. The quantitative estimate of drug-likeness (QED) is 0.712. The Bertz CT molecular complexity index is 1000. The van der Waals surface area contributed by atoms with Crippen LogP contribution in [-0.2, 0) is 4.74 Å². The number of carbonyl (C=O) groups excluding carboxylic acids is 1. The molecule has 4 rings (SSSR count). The van der Waals surface area contributed by atoms with E-state index in [0.29, 0.717) is 30.1 Å². The summed E-state index contributed by atoms with van der Waals surface area (Å²) < 4.78 is 5.22. The molecular formula is C22H23N3O3. The molecule has 0 aliphatic carbocycles. The van der Waals surface area contributed by atoms with Gasteiger partial charge in [0.15, 0.2) is 0 Å². The molecule has 144 valence electrons. The van der Waals surface area contributed by atoms with Crippen molar-refractivity contribution in [1.29, 1.82) is 0 Å². The molecular weight excluding hydrogens is 354 g/mol. The minimum atomic E-state index is -0.285. The normalized spacial score (nSPS) is 15.9. The van der Waals surface area contributed by atoms with Gasteiger partial charge in [-0.1, -0.05) is 36.4 Å². The van der Waals surface area contributed by atoms with Gasteiger partial charge < -0.3 is 14.7 Å². The maximum Gasteiger partial charge on any atom is 0.273 e. The maximum atomic E-state index is 13.1. The zero-order chi connectivity index (χ0) is 19.8. The second kappa shape index (κ2) is 7.13. The number of amides is 1. The van der Waals surface area contributed by atoms with Crippen LogP contribution in [0, 0.1) is 13.8 Å². The van der Waals surface area contributed by atoms with Crippen LogP contribution in [0.5, 0.6) is 5.75 Å². The number of nitrogens with zero attached hydrogens (tertiary/aromatic N) is 2. The minimum Gasteiger partial charge on any atom is -0.507 e. The molecule has 1 aromatic heterocycles. The molecule has 6 heteroatoms. The lowest BCUT2D eigenvalue weighted by Gasteiger charge is -2.26. The van der Waals surface area contributed by atoms with Crippen LogP contribution in [0.2, 0.25) is 0 Å². The molecule has 28 heavy (non-hydrogen) atoms. The minimum absolute atomic E-state index is 0.107. The zero-order valence-corrected chi connectivity index (χ0v) is 16.2. The fraction of sp³-hybridized carbons (Fsp3) is 0.273. The molecule has 0 spiro atoms. The van der Waals surface area contributed by atoms with E-state index in [4.69, 9.17) is 4.74 Å². The van der Waals surface area contributed by atoms with Crippen molar-refractivity contribution in [2.24, 2.45) is 0 Å². The van der Waals surface area contributed by atoms with E-state index < -0.39 is 0 Å². The summed E-state index contributed by atoms with van der Waals surface area (Å²) in [5.41, 5.74) is 5.44.